The summed E-state index contributed by atoms with van der Waals surface area (Å²) in [7, 11) is 1.32. The van der Waals surface area contributed by atoms with Crippen LogP contribution in [0.3, 0.4) is 0 Å². The average Bonchev–Trinajstić information content (AvgIpc) is 2.49. The minimum absolute atomic E-state index is 0.116. The zero-order valence-corrected chi connectivity index (χ0v) is 12.4. The number of ether oxygens (including phenoxy) is 2. The van der Waals surface area contributed by atoms with E-state index in [-0.39, 0.29) is 24.4 Å². The van der Waals surface area contributed by atoms with Crippen molar-refractivity contribution in [3.63, 3.8) is 0 Å². The first kappa shape index (κ1) is 15.6. The first-order valence-electron chi connectivity index (χ1n) is 6.54. The smallest absolute Gasteiger partial charge is 0.308 e. The number of morpholine rings is 1. The fraction of sp³-hybridized carbons (Fsp3) is 0.429. The summed E-state index contributed by atoms with van der Waals surface area (Å²) < 4.78 is 10.1. The van der Waals surface area contributed by atoms with Gasteiger partial charge in [0.1, 0.15) is 0 Å². The molecule has 6 nitrogen and oxygen atoms in total. The van der Waals surface area contributed by atoms with Crippen molar-refractivity contribution in [1.82, 2.24) is 4.90 Å². The van der Waals surface area contributed by atoms with E-state index in [1.807, 2.05) is 0 Å². The van der Waals surface area contributed by atoms with Crippen LogP contribution in [-0.4, -0.2) is 49.7 Å². The number of benzene rings is 1. The van der Waals surface area contributed by atoms with Gasteiger partial charge in [0.05, 0.1) is 36.8 Å². The molecule has 0 aliphatic carbocycles. The van der Waals surface area contributed by atoms with Gasteiger partial charge in [0, 0.05) is 18.8 Å². The number of amides is 1. The van der Waals surface area contributed by atoms with E-state index in [0.717, 1.165) is 0 Å². The van der Waals surface area contributed by atoms with E-state index in [0.29, 0.717) is 36.0 Å². The number of nitrogens with zero attached hydrogens (tertiary/aromatic N) is 1. The molecule has 114 valence electrons. The number of nitrogens with two attached hydrogens (primary N) is 1. The maximum atomic E-state index is 12.5. The number of rotatable bonds is 3. The predicted molar refractivity (Wildman–Crippen MR) is 78.1 cm³/mol. The van der Waals surface area contributed by atoms with Crippen LogP contribution in [0, 0.1) is 0 Å². The Morgan fingerprint density at radius 1 is 1.52 bits per heavy atom. The normalized spacial score (nSPS) is 18.4. The summed E-state index contributed by atoms with van der Waals surface area (Å²) in [6, 6.07) is 4.78. The third-order valence-corrected chi connectivity index (χ3v) is 3.60. The van der Waals surface area contributed by atoms with Crippen LogP contribution in [0.1, 0.15) is 16.8 Å². The number of anilines is 1. The molecule has 7 heteroatoms. The summed E-state index contributed by atoms with van der Waals surface area (Å²) in [5.74, 6) is -0.582. The number of nitrogen functional groups attached to an aromatic ring is 1. The average molecular weight is 313 g/mol. The number of hydrogen-bond donors (Lipinski definition) is 1. The largest absolute Gasteiger partial charge is 0.469 e. The van der Waals surface area contributed by atoms with E-state index in [2.05, 4.69) is 4.74 Å². The Kier molecular flexibility index (Phi) is 5.03. The second-order valence-electron chi connectivity index (χ2n) is 4.76. The molecule has 0 radical (unpaired) electrons. The summed E-state index contributed by atoms with van der Waals surface area (Å²) >= 11 is 6.05. The molecule has 1 aliphatic rings. The van der Waals surface area contributed by atoms with Gasteiger partial charge in [0.25, 0.3) is 5.91 Å². The topological polar surface area (TPSA) is 81.9 Å². The molecule has 1 saturated heterocycles. The molecule has 1 heterocycles. The second kappa shape index (κ2) is 6.78. The zero-order chi connectivity index (χ0) is 15.4. The molecular weight excluding hydrogens is 296 g/mol. The van der Waals surface area contributed by atoms with E-state index < -0.39 is 0 Å². The first-order chi connectivity index (χ1) is 10.0. The van der Waals surface area contributed by atoms with E-state index in [9.17, 15) is 9.59 Å². The van der Waals surface area contributed by atoms with Crippen LogP contribution in [0.2, 0.25) is 5.02 Å². The molecule has 0 spiro atoms. The maximum Gasteiger partial charge on any atom is 0.308 e. The van der Waals surface area contributed by atoms with Crippen molar-refractivity contribution in [3.8, 4) is 0 Å². The number of hydrogen-bond acceptors (Lipinski definition) is 5. The summed E-state index contributed by atoms with van der Waals surface area (Å²) in [6.45, 7) is 1.13. The quantitative estimate of drug-likeness (QED) is 0.672. The van der Waals surface area contributed by atoms with E-state index in [4.69, 9.17) is 22.1 Å². The lowest BCUT2D eigenvalue weighted by Gasteiger charge is -2.32. The maximum absolute atomic E-state index is 12.5. The van der Waals surface area contributed by atoms with Crippen molar-refractivity contribution >= 4 is 29.2 Å². The van der Waals surface area contributed by atoms with Crippen LogP contribution in [-0.2, 0) is 14.3 Å². The van der Waals surface area contributed by atoms with E-state index in [1.165, 1.54) is 7.11 Å². The SMILES string of the molecule is COC(=O)CC1CN(C(=O)c2cc(N)ccc2Cl)CCO1. The third-order valence-electron chi connectivity index (χ3n) is 3.27. The van der Waals surface area contributed by atoms with Gasteiger partial charge >= 0.3 is 5.97 Å². The number of carbonyl (C=O) groups excluding carboxylic acids is 2. The van der Waals surface area contributed by atoms with E-state index >= 15 is 0 Å². The van der Waals surface area contributed by atoms with Crippen molar-refractivity contribution in [2.75, 3.05) is 32.5 Å². The van der Waals surface area contributed by atoms with Gasteiger partial charge in [0.15, 0.2) is 0 Å². The molecule has 1 unspecified atom stereocenters. The Morgan fingerprint density at radius 3 is 3.00 bits per heavy atom. The van der Waals surface area contributed by atoms with Gasteiger partial charge in [-0.05, 0) is 18.2 Å². The lowest BCUT2D eigenvalue weighted by Crippen LogP contribution is -2.46. The molecule has 1 amide bonds. The molecule has 1 aliphatic heterocycles. The lowest BCUT2D eigenvalue weighted by atomic mass is 10.1. The minimum atomic E-state index is -0.366. The Bertz CT molecular complexity index is 550. The minimum Gasteiger partial charge on any atom is -0.469 e. The van der Waals surface area contributed by atoms with Gasteiger partial charge < -0.3 is 20.1 Å². The molecule has 1 atom stereocenters. The van der Waals surface area contributed by atoms with Gasteiger partial charge in [-0.25, -0.2) is 0 Å². The van der Waals surface area contributed by atoms with E-state index in [1.54, 1.807) is 23.1 Å². The highest BCUT2D eigenvalue weighted by Gasteiger charge is 2.27. The van der Waals surface area contributed by atoms with Crippen molar-refractivity contribution in [3.05, 3.63) is 28.8 Å². The molecule has 1 aromatic rings. The highest BCUT2D eigenvalue weighted by atomic mass is 35.5. The molecule has 2 N–H and O–H groups in total. The van der Waals surface area contributed by atoms with Crippen LogP contribution in [0.25, 0.3) is 0 Å². The second-order valence-corrected chi connectivity index (χ2v) is 5.17. The number of halogens is 1. The Morgan fingerprint density at radius 2 is 2.29 bits per heavy atom. The first-order valence-corrected chi connectivity index (χ1v) is 6.91. The number of esters is 1. The molecule has 21 heavy (non-hydrogen) atoms. The highest BCUT2D eigenvalue weighted by molar-refractivity contribution is 6.34. The molecular formula is C14H17ClN2O4. The van der Waals surface area contributed by atoms with Crippen molar-refractivity contribution in [2.45, 2.75) is 12.5 Å². The Labute approximate surface area is 127 Å². The monoisotopic (exact) mass is 312 g/mol. The van der Waals surface area contributed by atoms with Crippen LogP contribution in [0.4, 0.5) is 5.69 Å². The van der Waals surface area contributed by atoms with Gasteiger partial charge in [-0.3, -0.25) is 9.59 Å². The van der Waals surface area contributed by atoms with Crippen molar-refractivity contribution < 1.29 is 19.1 Å². The Balaban J connectivity index is 2.08. The molecule has 0 saturated carbocycles. The molecule has 0 aromatic heterocycles. The van der Waals surface area contributed by atoms with Crippen molar-refractivity contribution in [2.24, 2.45) is 0 Å². The zero-order valence-electron chi connectivity index (χ0n) is 11.7. The van der Waals surface area contributed by atoms with Crippen LogP contribution in [0.15, 0.2) is 18.2 Å². The molecule has 2 rings (SSSR count). The van der Waals surface area contributed by atoms with Gasteiger partial charge in [0.2, 0.25) is 0 Å². The highest BCUT2D eigenvalue weighted by Crippen LogP contribution is 2.22. The number of methoxy groups -OCH3 is 1. The Hall–Kier alpha value is -1.79. The lowest BCUT2D eigenvalue weighted by molar-refractivity contribution is -0.145. The summed E-state index contributed by atoms with van der Waals surface area (Å²) in [5, 5.41) is 0.352. The fourth-order valence-corrected chi connectivity index (χ4v) is 2.37. The summed E-state index contributed by atoms with van der Waals surface area (Å²) in [6.07, 6.45) is -0.250. The predicted octanol–water partition coefficient (Wildman–Crippen LogP) is 1.33. The number of carbonyl (C=O) groups is 2. The standard InChI is InChI=1S/C14H17ClN2O4/c1-20-13(18)7-10-8-17(4-5-21-10)14(19)11-6-9(16)2-3-12(11)15/h2-3,6,10H,4-5,7-8,16H2,1H3. The van der Waals surface area contributed by atoms with Crippen LogP contribution < -0.4 is 5.73 Å². The van der Waals surface area contributed by atoms with Gasteiger partial charge in [-0.2, -0.15) is 0 Å². The summed E-state index contributed by atoms with van der Waals surface area (Å²) in [5.41, 5.74) is 6.52. The summed E-state index contributed by atoms with van der Waals surface area (Å²) in [4.78, 5) is 25.4. The van der Waals surface area contributed by atoms with Gasteiger partial charge in [-0.1, -0.05) is 11.6 Å². The van der Waals surface area contributed by atoms with Crippen molar-refractivity contribution in [1.29, 1.82) is 0 Å². The van der Waals surface area contributed by atoms with Crippen LogP contribution >= 0.6 is 11.6 Å². The fourth-order valence-electron chi connectivity index (χ4n) is 2.17. The third kappa shape index (κ3) is 3.86. The molecule has 0 bridgehead atoms. The molecule has 1 aromatic carbocycles. The van der Waals surface area contributed by atoms with Crippen LogP contribution in [0.5, 0.6) is 0 Å². The van der Waals surface area contributed by atoms with Gasteiger partial charge in [-0.15, -0.1) is 0 Å². The molecule has 1 fully saturated rings.